The number of carboxylic acids is 1. The minimum atomic E-state index is -0.951. The van der Waals surface area contributed by atoms with Gasteiger partial charge >= 0.3 is 5.97 Å². The number of para-hydroxylation sites is 1. The van der Waals surface area contributed by atoms with Crippen LogP contribution in [-0.4, -0.2) is 43.3 Å². The van der Waals surface area contributed by atoms with Crippen molar-refractivity contribution in [3.63, 3.8) is 0 Å². The normalized spacial score (nSPS) is 11.8. The average Bonchev–Trinajstić information content (AvgIpc) is 3.35. The summed E-state index contributed by atoms with van der Waals surface area (Å²) in [6.07, 6.45) is -0.115. The van der Waals surface area contributed by atoms with Gasteiger partial charge in [0.15, 0.2) is 0 Å². The van der Waals surface area contributed by atoms with Crippen molar-refractivity contribution in [3.8, 4) is 22.8 Å². The number of aliphatic carboxylic acids is 1. The fraction of sp³-hybridized carbons (Fsp3) is 0.267. The summed E-state index contributed by atoms with van der Waals surface area (Å²) in [7, 11) is 1.62. The first-order valence-electron chi connectivity index (χ1n) is 12.5. The molecule has 0 unspecified atom stereocenters. The Hall–Kier alpha value is -4.46. The van der Waals surface area contributed by atoms with E-state index in [-0.39, 0.29) is 30.8 Å². The van der Waals surface area contributed by atoms with Crippen molar-refractivity contribution in [2.45, 2.75) is 26.3 Å². The Morgan fingerprint density at radius 1 is 1.00 bits per heavy atom. The minimum absolute atomic E-state index is 0.00582. The van der Waals surface area contributed by atoms with Crippen LogP contribution in [0.4, 0.5) is 5.69 Å². The zero-order chi connectivity index (χ0) is 27.1. The van der Waals surface area contributed by atoms with Crippen molar-refractivity contribution in [3.05, 3.63) is 78.4 Å². The van der Waals surface area contributed by atoms with E-state index >= 15 is 0 Å². The van der Waals surface area contributed by atoms with Crippen LogP contribution in [0, 0.1) is 5.92 Å². The van der Waals surface area contributed by atoms with Crippen molar-refractivity contribution in [1.29, 1.82) is 0 Å². The van der Waals surface area contributed by atoms with E-state index < -0.39 is 5.97 Å². The van der Waals surface area contributed by atoms with E-state index in [0.717, 1.165) is 28.0 Å². The second kappa shape index (κ2) is 12.2. The van der Waals surface area contributed by atoms with Gasteiger partial charge in [-0.25, -0.2) is 0 Å². The van der Waals surface area contributed by atoms with Crippen molar-refractivity contribution < 1.29 is 28.6 Å². The highest BCUT2D eigenvalue weighted by atomic mass is 16.5. The smallest absolute Gasteiger partial charge is 0.305 e. The van der Waals surface area contributed by atoms with Gasteiger partial charge in [0.2, 0.25) is 0 Å². The molecule has 3 aromatic carbocycles. The number of anilines is 1. The summed E-state index contributed by atoms with van der Waals surface area (Å²) in [6.45, 7) is 4.72. The summed E-state index contributed by atoms with van der Waals surface area (Å²) in [6, 6.07) is 22.6. The topological polar surface area (TPSA) is 110 Å². The lowest BCUT2D eigenvalue weighted by molar-refractivity contribution is -0.136. The molecule has 3 N–H and O–H groups in total. The van der Waals surface area contributed by atoms with E-state index in [1.165, 1.54) is 0 Å². The molecule has 8 heteroatoms. The average molecular weight is 517 g/mol. The number of rotatable bonds is 12. The van der Waals surface area contributed by atoms with Crippen molar-refractivity contribution in [2.24, 2.45) is 5.92 Å². The molecular formula is C30H32N2O6. The number of amides is 1. The molecule has 1 heterocycles. The molecule has 4 aromatic rings. The number of carbonyl (C=O) groups is 2. The number of fused-ring (bicyclic) bond motifs is 1. The summed E-state index contributed by atoms with van der Waals surface area (Å²) in [5, 5.41) is 15.8. The predicted molar refractivity (Wildman–Crippen MR) is 147 cm³/mol. The van der Waals surface area contributed by atoms with Gasteiger partial charge in [0.1, 0.15) is 29.4 Å². The van der Waals surface area contributed by atoms with E-state index in [9.17, 15) is 9.59 Å². The van der Waals surface area contributed by atoms with Gasteiger partial charge < -0.3 is 29.6 Å². The molecule has 0 radical (unpaired) electrons. The van der Waals surface area contributed by atoms with Crippen LogP contribution < -0.4 is 20.1 Å². The summed E-state index contributed by atoms with van der Waals surface area (Å²) in [5.74, 6) is 1.09. The second-order valence-corrected chi connectivity index (χ2v) is 9.29. The number of nitrogens with one attached hydrogen (secondary N) is 2. The van der Waals surface area contributed by atoms with Crippen LogP contribution in [0.25, 0.3) is 22.3 Å². The highest BCUT2D eigenvalue weighted by Crippen LogP contribution is 2.36. The highest BCUT2D eigenvalue weighted by Gasteiger charge is 2.17. The standard InChI is InChI=1S/C30H32N2O6/c1-19(2)25(32-22-10-8-20(9-11-22)30(35)31-15-14-29(33)34)18-37-23-12-13-24(27(17-23)36-3)28-16-21-6-4-5-7-26(21)38-28/h4-13,16-17,19,25,32H,14-15,18H2,1-3H3,(H,31,35)(H,33,34)/t25-/m1/s1. The number of ether oxygens (including phenoxy) is 2. The molecule has 0 saturated carbocycles. The summed E-state index contributed by atoms with van der Waals surface area (Å²) < 4.78 is 17.8. The van der Waals surface area contributed by atoms with Gasteiger partial charge in [-0.2, -0.15) is 0 Å². The van der Waals surface area contributed by atoms with Crippen LogP contribution in [0.3, 0.4) is 0 Å². The maximum Gasteiger partial charge on any atom is 0.305 e. The Morgan fingerprint density at radius 2 is 1.76 bits per heavy atom. The first-order chi connectivity index (χ1) is 18.3. The largest absolute Gasteiger partial charge is 0.496 e. The van der Waals surface area contributed by atoms with Crippen molar-refractivity contribution >= 4 is 28.5 Å². The van der Waals surface area contributed by atoms with Gasteiger partial charge in [0, 0.05) is 29.2 Å². The third kappa shape index (κ3) is 6.64. The zero-order valence-electron chi connectivity index (χ0n) is 21.7. The van der Waals surface area contributed by atoms with Crippen molar-refractivity contribution in [2.75, 3.05) is 25.6 Å². The molecule has 38 heavy (non-hydrogen) atoms. The monoisotopic (exact) mass is 516 g/mol. The maximum absolute atomic E-state index is 12.2. The molecule has 1 aromatic heterocycles. The minimum Gasteiger partial charge on any atom is -0.496 e. The third-order valence-corrected chi connectivity index (χ3v) is 6.22. The maximum atomic E-state index is 12.2. The Balaban J connectivity index is 1.39. The lowest BCUT2D eigenvalue weighted by atomic mass is 10.0. The Kier molecular flexibility index (Phi) is 8.53. The van der Waals surface area contributed by atoms with Gasteiger partial charge in [-0.3, -0.25) is 9.59 Å². The summed E-state index contributed by atoms with van der Waals surface area (Å²) in [5.41, 5.74) is 2.99. The molecular weight excluding hydrogens is 484 g/mol. The van der Waals surface area contributed by atoms with Crippen molar-refractivity contribution in [1.82, 2.24) is 5.32 Å². The fourth-order valence-corrected chi connectivity index (χ4v) is 3.98. The van der Waals surface area contributed by atoms with Gasteiger partial charge in [0.05, 0.1) is 25.1 Å². The summed E-state index contributed by atoms with van der Waals surface area (Å²) >= 11 is 0. The molecule has 4 rings (SSSR count). The molecule has 0 bridgehead atoms. The van der Waals surface area contributed by atoms with E-state index in [4.69, 9.17) is 19.0 Å². The number of carboxylic acid groups (broad SMARTS) is 1. The van der Waals surface area contributed by atoms with E-state index in [1.54, 1.807) is 19.2 Å². The number of hydrogen-bond donors (Lipinski definition) is 3. The number of carbonyl (C=O) groups excluding carboxylic acids is 1. The van der Waals surface area contributed by atoms with Gasteiger partial charge in [-0.05, 0) is 54.4 Å². The molecule has 8 nitrogen and oxygen atoms in total. The molecule has 0 aliphatic heterocycles. The van der Waals surface area contributed by atoms with Gasteiger partial charge in [-0.15, -0.1) is 0 Å². The number of methoxy groups -OCH3 is 1. The quantitative estimate of drug-likeness (QED) is 0.217. The molecule has 1 amide bonds. The SMILES string of the molecule is COc1cc(OC[C@@H](Nc2ccc(C(=O)NCCC(=O)O)cc2)C(C)C)ccc1-c1cc2ccccc2o1. The molecule has 0 aliphatic carbocycles. The Morgan fingerprint density at radius 3 is 2.45 bits per heavy atom. The van der Waals surface area contributed by atoms with Crippen LogP contribution in [0.2, 0.25) is 0 Å². The van der Waals surface area contributed by atoms with Crippen LogP contribution in [0.15, 0.2) is 77.2 Å². The molecule has 0 saturated heterocycles. The lowest BCUT2D eigenvalue weighted by Crippen LogP contribution is -2.32. The molecule has 1 atom stereocenters. The molecule has 0 aliphatic rings. The van der Waals surface area contributed by atoms with Crippen LogP contribution in [-0.2, 0) is 4.79 Å². The van der Waals surface area contributed by atoms with Crippen LogP contribution in [0.5, 0.6) is 11.5 Å². The molecule has 0 spiro atoms. The number of hydrogen-bond acceptors (Lipinski definition) is 6. The van der Waals surface area contributed by atoms with E-state index in [0.29, 0.717) is 23.7 Å². The predicted octanol–water partition coefficient (Wildman–Crippen LogP) is 5.83. The second-order valence-electron chi connectivity index (χ2n) is 9.29. The van der Waals surface area contributed by atoms with Crippen LogP contribution >= 0.6 is 0 Å². The fourth-order valence-electron chi connectivity index (χ4n) is 3.98. The Bertz CT molecular complexity index is 1360. The Labute approximate surface area is 221 Å². The van der Waals surface area contributed by atoms with Crippen LogP contribution in [0.1, 0.15) is 30.6 Å². The lowest BCUT2D eigenvalue weighted by Gasteiger charge is -2.24. The van der Waals surface area contributed by atoms with Gasteiger partial charge in [-0.1, -0.05) is 32.0 Å². The number of benzene rings is 3. The summed E-state index contributed by atoms with van der Waals surface area (Å²) in [4.78, 5) is 22.8. The first-order valence-corrected chi connectivity index (χ1v) is 12.5. The third-order valence-electron chi connectivity index (χ3n) is 6.22. The highest BCUT2D eigenvalue weighted by molar-refractivity contribution is 5.94. The molecule has 0 fully saturated rings. The molecule has 198 valence electrons. The van der Waals surface area contributed by atoms with E-state index in [1.807, 2.05) is 60.7 Å². The zero-order valence-corrected chi connectivity index (χ0v) is 21.7. The number of furan rings is 1. The van der Waals surface area contributed by atoms with Gasteiger partial charge in [0.25, 0.3) is 5.91 Å². The first kappa shape index (κ1) is 26.6. The van der Waals surface area contributed by atoms with E-state index in [2.05, 4.69) is 24.5 Å².